The molecule has 152 valence electrons. The van der Waals surface area contributed by atoms with Gasteiger partial charge < -0.3 is 5.32 Å². The maximum Gasteiger partial charge on any atom is 0.231 e. The third-order valence-corrected chi connectivity index (χ3v) is 5.48. The highest BCUT2D eigenvalue weighted by Crippen LogP contribution is 2.20. The summed E-state index contributed by atoms with van der Waals surface area (Å²) in [4.78, 5) is 16.7. The molecule has 2 aromatic heterocycles. The number of benzene rings is 2. The predicted molar refractivity (Wildman–Crippen MR) is 114 cm³/mol. The molecule has 0 aliphatic heterocycles. The van der Waals surface area contributed by atoms with Gasteiger partial charge in [0, 0.05) is 5.69 Å². The van der Waals surface area contributed by atoms with Gasteiger partial charge in [0.2, 0.25) is 5.91 Å². The van der Waals surface area contributed by atoms with Crippen molar-refractivity contribution in [3.05, 3.63) is 84.7 Å². The van der Waals surface area contributed by atoms with E-state index in [-0.39, 0.29) is 17.7 Å². The molecule has 4 aromatic rings. The molecule has 1 atom stereocenters. The predicted octanol–water partition coefficient (Wildman–Crippen LogP) is 2.82. The lowest BCUT2D eigenvalue weighted by atomic mass is 10.1. The van der Waals surface area contributed by atoms with Gasteiger partial charge in [-0.3, -0.25) is 14.0 Å². The van der Waals surface area contributed by atoms with Crippen molar-refractivity contribution in [1.82, 2.24) is 34.8 Å². The fourth-order valence-electron chi connectivity index (χ4n) is 3.01. The zero-order valence-corrected chi connectivity index (χ0v) is 17.2. The maximum atomic E-state index is 12.7. The van der Waals surface area contributed by atoms with Crippen LogP contribution in [-0.4, -0.2) is 41.2 Å². The Hall–Kier alpha value is -3.46. The number of rotatable bonds is 8. The molecule has 1 unspecified atom stereocenters. The number of nitrogens with one attached hydrogen (secondary N) is 1. The van der Waals surface area contributed by atoms with Crippen molar-refractivity contribution in [2.75, 3.05) is 5.75 Å². The van der Waals surface area contributed by atoms with Crippen LogP contribution in [0.2, 0.25) is 0 Å². The Morgan fingerprint density at radius 2 is 1.90 bits per heavy atom. The molecular formula is C21H21N7OS. The Labute approximate surface area is 178 Å². The van der Waals surface area contributed by atoms with Crippen molar-refractivity contribution in [2.45, 2.75) is 24.7 Å². The van der Waals surface area contributed by atoms with Crippen molar-refractivity contribution in [3.63, 3.8) is 0 Å². The summed E-state index contributed by atoms with van der Waals surface area (Å²) in [5.74, 6) is 0.137. The van der Waals surface area contributed by atoms with E-state index in [4.69, 9.17) is 0 Å². The largest absolute Gasteiger partial charge is 0.347 e. The molecule has 1 amide bonds. The van der Waals surface area contributed by atoms with Crippen molar-refractivity contribution < 1.29 is 4.79 Å². The van der Waals surface area contributed by atoms with Gasteiger partial charge in [0.1, 0.15) is 19.0 Å². The lowest BCUT2D eigenvalue weighted by molar-refractivity contribution is -0.119. The van der Waals surface area contributed by atoms with Crippen LogP contribution in [0.1, 0.15) is 17.2 Å². The molecule has 0 radical (unpaired) electrons. The summed E-state index contributed by atoms with van der Waals surface area (Å²) in [7, 11) is 0. The Kier molecular flexibility index (Phi) is 6.19. The number of amides is 1. The number of aryl methyl sites for hydroxylation is 1. The summed E-state index contributed by atoms with van der Waals surface area (Å²) in [6.45, 7) is 2.54. The zero-order valence-electron chi connectivity index (χ0n) is 16.4. The molecule has 0 bridgehead atoms. The summed E-state index contributed by atoms with van der Waals surface area (Å²) < 4.78 is 3.58. The summed E-state index contributed by atoms with van der Waals surface area (Å²) in [5.41, 5.74) is 3.15. The molecule has 2 heterocycles. The van der Waals surface area contributed by atoms with Crippen molar-refractivity contribution in [2.24, 2.45) is 0 Å². The van der Waals surface area contributed by atoms with E-state index in [0.29, 0.717) is 11.7 Å². The molecular weight excluding hydrogens is 398 g/mol. The van der Waals surface area contributed by atoms with E-state index in [0.717, 1.165) is 11.3 Å². The monoisotopic (exact) mass is 419 g/mol. The fraction of sp³-hybridized carbons (Fsp3) is 0.190. The third-order valence-electron chi connectivity index (χ3n) is 4.53. The summed E-state index contributed by atoms with van der Waals surface area (Å²) in [6, 6.07) is 17.7. The first-order valence-corrected chi connectivity index (χ1v) is 10.4. The number of carbonyl (C=O) groups is 1. The van der Waals surface area contributed by atoms with Gasteiger partial charge in [-0.15, -0.1) is 10.2 Å². The number of carbonyl (C=O) groups excluding carboxylic acids is 1. The number of hydrogen-bond acceptors (Lipinski definition) is 6. The van der Waals surface area contributed by atoms with Crippen LogP contribution >= 0.6 is 11.8 Å². The van der Waals surface area contributed by atoms with E-state index < -0.39 is 0 Å². The molecule has 9 heteroatoms. The molecule has 0 saturated heterocycles. The lowest BCUT2D eigenvalue weighted by Gasteiger charge is -2.19. The van der Waals surface area contributed by atoms with E-state index in [9.17, 15) is 4.79 Å². The Balaban J connectivity index is 1.42. The molecule has 8 nitrogen and oxygen atoms in total. The van der Waals surface area contributed by atoms with Gasteiger partial charge in [-0.25, -0.2) is 4.98 Å². The third kappa shape index (κ3) is 4.93. The van der Waals surface area contributed by atoms with Gasteiger partial charge in [0.15, 0.2) is 5.16 Å². The number of nitrogens with zero attached hydrogens (tertiary/aromatic N) is 6. The van der Waals surface area contributed by atoms with Crippen LogP contribution < -0.4 is 5.32 Å². The Morgan fingerprint density at radius 1 is 1.10 bits per heavy atom. The normalized spacial score (nSPS) is 11.9. The Bertz CT molecular complexity index is 1080. The van der Waals surface area contributed by atoms with Gasteiger partial charge in [-0.1, -0.05) is 59.8 Å². The number of hydrogen-bond donors (Lipinski definition) is 1. The van der Waals surface area contributed by atoms with Crippen LogP contribution in [0.4, 0.5) is 0 Å². The molecule has 0 aliphatic rings. The van der Waals surface area contributed by atoms with Gasteiger partial charge in [0.05, 0.1) is 18.3 Å². The van der Waals surface area contributed by atoms with Crippen LogP contribution in [0.3, 0.4) is 0 Å². The van der Waals surface area contributed by atoms with E-state index >= 15 is 0 Å². The second-order valence-electron chi connectivity index (χ2n) is 6.76. The minimum Gasteiger partial charge on any atom is -0.347 e. The lowest BCUT2D eigenvalue weighted by Crippen LogP contribution is -2.32. The number of thioether (sulfide) groups is 1. The van der Waals surface area contributed by atoms with Crippen molar-refractivity contribution in [3.8, 4) is 5.69 Å². The molecule has 30 heavy (non-hydrogen) atoms. The molecule has 4 rings (SSSR count). The first-order chi connectivity index (χ1) is 14.7. The van der Waals surface area contributed by atoms with Gasteiger partial charge in [-0.05, 0) is 24.6 Å². The van der Waals surface area contributed by atoms with Crippen molar-refractivity contribution in [1.29, 1.82) is 0 Å². The number of aromatic nitrogens is 6. The molecule has 0 saturated carbocycles. The second kappa shape index (κ2) is 9.36. The highest BCUT2D eigenvalue weighted by Gasteiger charge is 2.17. The fourth-order valence-corrected chi connectivity index (χ4v) is 3.75. The zero-order chi connectivity index (χ0) is 20.8. The van der Waals surface area contributed by atoms with Gasteiger partial charge in [-0.2, -0.15) is 5.10 Å². The van der Waals surface area contributed by atoms with E-state index in [1.807, 2.05) is 66.1 Å². The minimum absolute atomic E-state index is 0.0903. The SMILES string of the molecule is Cc1ccc(-n2cnnc2SCC(=O)NC(Cn2cncn2)c2ccccc2)cc1. The van der Waals surface area contributed by atoms with Crippen LogP contribution in [0, 0.1) is 6.92 Å². The van der Waals surface area contributed by atoms with Gasteiger partial charge in [0.25, 0.3) is 0 Å². The summed E-state index contributed by atoms with van der Waals surface area (Å²) in [5, 5.41) is 16.1. The highest BCUT2D eigenvalue weighted by atomic mass is 32.2. The summed E-state index contributed by atoms with van der Waals surface area (Å²) in [6.07, 6.45) is 4.78. The average Bonchev–Trinajstić information content (AvgIpc) is 3.45. The summed E-state index contributed by atoms with van der Waals surface area (Å²) >= 11 is 1.35. The van der Waals surface area contributed by atoms with Crippen LogP contribution in [-0.2, 0) is 11.3 Å². The molecule has 0 spiro atoms. The first kappa shape index (κ1) is 19.8. The topological polar surface area (TPSA) is 90.5 Å². The van der Waals surface area contributed by atoms with Crippen molar-refractivity contribution >= 4 is 17.7 Å². The average molecular weight is 420 g/mol. The van der Waals surface area contributed by atoms with E-state index in [1.165, 1.54) is 23.7 Å². The standard InChI is InChI=1S/C21H21N7OS/c1-16-7-9-18(10-8-16)28-15-23-26-21(28)30-12-20(29)25-19(11-27-14-22-13-24-27)17-5-3-2-4-6-17/h2-10,13-15,19H,11-12H2,1H3,(H,25,29). The molecule has 0 aliphatic carbocycles. The van der Waals surface area contributed by atoms with Crippen LogP contribution in [0.15, 0.2) is 78.7 Å². The van der Waals surface area contributed by atoms with Crippen LogP contribution in [0.25, 0.3) is 5.69 Å². The molecule has 2 aromatic carbocycles. The molecule has 1 N–H and O–H groups in total. The first-order valence-electron chi connectivity index (χ1n) is 9.45. The van der Waals surface area contributed by atoms with Crippen LogP contribution in [0.5, 0.6) is 0 Å². The van der Waals surface area contributed by atoms with Gasteiger partial charge >= 0.3 is 0 Å². The highest BCUT2D eigenvalue weighted by molar-refractivity contribution is 7.99. The second-order valence-corrected chi connectivity index (χ2v) is 7.70. The molecule has 0 fully saturated rings. The Morgan fingerprint density at radius 3 is 2.63 bits per heavy atom. The smallest absolute Gasteiger partial charge is 0.231 e. The van der Waals surface area contributed by atoms with E-state index in [2.05, 4.69) is 25.6 Å². The quantitative estimate of drug-likeness (QED) is 0.442. The minimum atomic E-state index is -0.212. The maximum absolute atomic E-state index is 12.7. The van der Waals surface area contributed by atoms with E-state index in [1.54, 1.807) is 17.3 Å².